The molecule has 0 saturated heterocycles. The van der Waals surface area contributed by atoms with Crippen molar-refractivity contribution >= 4 is 15.6 Å². The van der Waals surface area contributed by atoms with Crippen molar-refractivity contribution in [1.29, 1.82) is 0 Å². The van der Waals surface area contributed by atoms with Gasteiger partial charge in [0.25, 0.3) is 0 Å². The van der Waals surface area contributed by atoms with Crippen LogP contribution in [-0.2, 0) is 36.3 Å². The van der Waals surface area contributed by atoms with E-state index < -0.39 is 15.6 Å². The summed E-state index contributed by atoms with van der Waals surface area (Å²) in [6.45, 7) is 0. The Morgan fingerprint density at radius 3 is 0.625 bits per heavy atom. The fraction of sp³-hybridized carbons (Fsp3) is 1.00. The van der Waals surface area contributed by atoms with Crippen molar-refractivity contribution < 1.29 is 36.3 Å². The van der Waals surface area contributed by atoms with E-state index in [0.717, 1.165) is 0 Å². The molecule has 0 atom stereocenters. The van der Waals surface area contributed by atoms with Crippen molar-refractivity contribution in [1.82, 2.24) is 0 Å². The molecule has 0 amide bonds. The zero-order chi connectivity index (χ0) is 13.2. The van der Waals surface area contributed by atoms with Gasteiger partial charge in [-0.1, -0.05) is 0 Å². The number of phosphoric acid groups is 2. The smallest absolute Gasteiger partial charge is 0.290 e. The summed E-state index contributed by atoms with van der Waals surface area (Å²) in [5.41, 5.74) is 0. The van der Waals surface area contributed by atoms with Gasteiger partial charge < -0.3 is 0 Å². The van der Waals surface area contributed by atoms with E-state index in [4.69, 9.17) is 0 Å². The molecule has 100 valence electrons. The quantitative estimate of drug-likeness (QED) is 0.683. The molecule has 0 aromatic carbocycles. The van der Waals surface area contributed by atoms with E-state index in [-0.39, 0.29) is 0 Å². The molecule has 10 heteroatoms. The van der Waals surface area contributed by atoms with Crippen molar-refractivity contribution in [2.75, 3.05) is 42.7 Å². The summed E-state index contributed by atoms with van der Waals surface area (Å²) in [7, 11) is 1.22. The van der Waals surface area contributed by atoms with Gasteiger partial charge in [-0.25, -0.2) is 9.13 Å². The Hall–Kier alpha value is 0.220. The minimum Gasteiger partial charge on any atom is -0.290 e. The first-order chi connectivity index (χ1) is 7.36. The third-order valence-corrected chi connectivity index (χ3v) is 4.02. The average molecular weight is 280 g/mol. The third kappa shape index (κ3) is 7.49. The van der Waals surface area contributed by atoms with E-state index in [1.165, 1.54) is 42.7 Å². The predicted octanol–water partition coefficient (Wildman–Crippen LogP) is 2.07. The van der Waals surface area contributed by atoms with Crippen LogP contribution in [0.4, 0.5) is 0 Å². The first-order valence-electron chi connectivity index (χ1n) is 3.91. The Kier molecular flexibility index (Phi) is 10.8. The van der Waals surface area contributed by atoms with Gasteiger partial charge in [0.15, 0.2) is 0 Å². The highest BCUT2D eigenvalue weighted by molar-refractivity contribution is 7.48. The maximum Gasteiger partial charge on any atom is 0.473 e. The highest BCUT2D eigenvalue weighted by Crippen LogP contribution is 2.46. The number of phosphoric ester groups is 2. The monoisotopic (exact) mass is 280 g/mol. The summed E-state index contributed by atoms with van der Waals surface area (Å²) in [5.74, 6) is 0. The summed E-state index contributed by atoms with van der Waals surface area (Å²) in [4.78, 5) is 0. The molecule has 0 radical (unpaired) electrons. The molecule has 0 fully saturated rings. The molecule has 8 nitrogen and oxygen atoms in total. The van der Waals surface area contributed by atoms with Gasteiger partial charge in [-0.05, 0) is 0 Å². The van der Waals surface area contributed by atoms with Crippen molar-refractivity contribution in [3.63, 3.8) is 0 Å². The Morgan fingerprint density at radius 2 is 0.625 bits per heavy atom. The van der Waals surface area contributed by atoms with Crippen LogP contribution < -0.4 is 0 Å². The summed E-state index contributed by atoms with van der Waals surface area (Å²) in [6, 6.07) is 0. The summed E-state index contributed by atoms with van der Waals surface area (Å²) in [6.07, 6.45) is 0. The van der Waals surface area contributed by atoms with E-state index in [0.29, 0.717) is 0 Å². The fourth-order valence-corrected chi connectivity index (χ4v) is 1.34. The molecule has 0 aromatic heterocycles. The van der Waals surface area contributed by atoms with Crippen molar-refractivity contribution in [3.8, 4) is 0 Å². The predicted molar refractivity (Wildman–Crippen MR) is 57.3 cm³/mol. The summed E-state index contributed by atoms with van der Waals surface area (Å²) < 4.78 is 47.4. The van der Waals surface area contributed by atoms with Crippen LogP contribution in [0.2, 0.25) is 0 Å². The van der Waals surface area contributed by atoms with Crippen molar-refractivity contribution in [3.05, 3.63) is 0 Å². The Balaban J connectivity index is 0. The molecule has 0 aliphatic rings. The lowest BCUT2D eigenvalue weighted by Crippen LogP contribution is -1.88. The molecule has 0 rings (SSSR count). The Labute approximate surface area is 95.4 Å². The molecule has 0 aliphatic carbocycles. The zero-order valence-corrected chi connectivity index (χ0v) is 11.9. The second kappa shape index (κ2) is 9.27. The van der Waals surface area contributed by atoms with E-state index in [9.17, 15) is 9.13 Å². The van der Waals surface area contributed by atoms with E-state index >= 15 is 0 Å². The zero-order valence-electron chi connectivity index (χ0n) is 10.2. The molecule has 0 bridgehead atoms. The molecule has 0 saturated carbocycles. The highest BCUT2D eigenvalue weighted by Gasteiger charge is 2.19. The summed E-state index contributed by atoms with van der Waals surface area (Å²) >= 11 is 0. The van der Waals surface area contributed by atoms with E-state index in [2.05, 4.69) is 27.1 Å². The van der Waals surface area contributed by atoms with Gasteiger partial charge in [0.05, 0.1) is 0 Å². The van der Waals surface area contributed by atoms with Crippen LogP contribution in [-0.4, -0.2) is 42.7 Å². The van der Waals surface area contributed by atoms with Gasteiger partial charge >= 0.3 is 15.6 Å². The van der Waals surface area contributed by atoms with Gasteiger partial charge in [-0.15, -0.1) is 0 Å². The second-order valence-corrected chi connectivity index (χ2v) is 5.97. The molecule has 0 heterocycles. The van der Waals surface area contributed by atoms with Crippen LogP contribution in [0.15, 0.2) is 0 Å². The lowest BCUT2D eigenvalue weighted by molar-refractivity contribution is 0.177. The van der Waals surface area contributed by atoms with Crippen molar-refractivity contribution in [2.45, 2.75) is 0 Å². The van der Waals surface area contributed by atoms with Gasteiger partial charge in [-0.2, -0.15) is 0 Å². The maximum absolute atomic E-state index is 10.7. The first-order valence-corrected chi connectivity index (χ1v) is 6.83. The Bertz CT molecular complexity index is 191. The minimum atomic E-state index is -3.16. The van der Waals surface area contributed by atoms with E-state index in [1.54, 1.807) is 0 Å². The number of hydrogen-bond acceptors (Lipinski definition) is 8. The van der Waals surface area contributed by atoms with Gasteiger partial charge in [0, 0.05) is 42.7 Å². The highest BCUT2D eigenvalue weighted by atomic mass is 31.2. The molecule has 0 aliphatic heterocycles. The topological polar surface area (TPSA) is 89.5 Å². The SMILES string of the molecule is COP(=O)(OC)OC.COP(=O)(OC)OC. The van der Waals surface area contributed by atoms with Crippen LogP contribution in [0, 0.1) is 0 Å². The van der Waals surface area contributed by atoms with Crippen LogP contribution >= 0.6 is 15.6 Å². The van der Waals surface area contributed by atoms with Gasteiger partial charge in [-0.3, -0.25) is 27.1 Å². The van der Waals surface area contributed by atoms with Gasteiger partial charge in [0.2, 0.25) is 0 Å². The van der Waals surface area contributed by atoms with Crippen LogP contribution in [0.1, 0.15) is 0 Å². The molecule has 0 unspecified atom stereocenters. The molecule has 0 aromatic rings. The molecular weight excluding hydrogens is 262 g/mol. The standard InChI is InChI=1S/2C3H9O4P/c2*1-5-8(4,6-2)7-3/h2*1-3H3. The van der Waals surface area contributed by atoms with Crippen LogP contribution in [0.25, 0.3) is 0 Å². The maximum atomic E-state index is 10.7. The third-order valence-electron chi connectivity index (χ3n) is 1.34. The molecule has 0 spiro atoms. The lowest BCUT2D eigenvalue weighted by atomic mass is 11.8. The first kappa shape index (κ1) is 18.6. The minimum absolute atomic E-state index is 1.26. The number of hydrogen-bond donors (Lipinski definition) is 0. The lowest BCUT2D eigenvalue weighted by Gasteiger charge is -2.08. The molecule has 16 heavy (non-hydrogen) atoms. The number of rotatable bonds is 6. The largest absolute Gasteiger partial charge is 0.473 e. The molecule has 0 N–H and O–H groups in total. The van der Waals surface area contributed by atoms with Crippen molar-refractivity contribution in [2.24, 2.45) is 0 Å². The fourth-order valence-electron chi connectivity index (χ4n) is 0.447. The molecular formula is C6H18O8P2. The van der Waals surface area contributed by atoms with Crippen LogP contribution in [0.5, 0.6) is 0 Å². The Morgan fingerprint density at radius 1 is 0.500 bits per heavy atom. The normalized spacial score (nSPS) is 11.9. The van der Waals surface area contributed by atoms with E-state index in [1.807, 2.05) is 0 Å². The average Bonchev–Trinajstić information content (AvgIpc) is 2.37. The summed E-state index contributed by atoms with van der Waals surface area (Å²) in [5, 5.41) is 0. The van der Waals surface area contributed by atoms with Gasteiger partial charge in [0.1, 0.15) is 0 Å². The second-order valence-electron chi connectivity index (χ2n) is 1.99. The van der Waals surface area contributed by atoms with Crippen LogP contribution in [0.3, 0.4) is 0 Å².